The van der Waals surface area contributed by atoms with Gasteiger partial charge in [0.1, 0.15) is 0 Å². The lowest BCUT2D eigenvalue weighted by Crippen LogP contribution is -2.13. The molecule has 0 aliphatic heterocycles. The number of rotatable bonds is 3. The van der Waals surface area contributed by atoms with E-state index in [1.807, 2.05) is 32.2 Å². The van der Waals surface area contributed by atoms with Crippen molar-refractivity contribution in [2.24, 2.45) is 0 Å². The molecule has 1 fully saturated rings. The van der Waals surface area contributed by atoms with E-state index in [0.717, 1.165) is 0 Å². The molecule has 0 spiro atoms. The van der Waals surface area contributed by atoms with Gasteiger partial charge in [-0.1, -0.05) is 64.4 Å². The normalized spacial score (nSPS) is 15.9. The molecule has 0 saturated heterocycles. The standard InChI is InChI=1S/C9H12O.C7H14O.2CH4/c1-8(10-2)9-6-4-3-5-7-9;1-8-7-5-3-2-4-6-7;;/h3-8H,1-2H3;7H,2-6H2,1H3;2*1H4. The van der Waals surface area contributed by atoms with Gasteiger partial charge in [-0.05, 0) is 25.3 Å². The molecule has 1 aliphatic carbocycles. The van der Waals surface area contributed by atoms with Crippen molar-refractivity contribution in [2.45, 2.75) is 66.1 Å². The van der Waals surface area contributed by atoms with Gasteiger partial charge in [0.25, 0.3) is 0 Å². The zero-order valence-electron chi connectivity index (χ0n) is 11.9. The summed E-state index contributed by atoms with van der Waals surface area (Å²) in [7, 11) is 3.54. The fraction of sp³-hybridized carbons (Fsp3) is 0.667. The van der Waals surface area contributed by atoms with Crippen LogP contribution < -0.4 is 0 Å². The molecular weight excluding hydrogens is 248 g/mol. The van der Waals surface area contributed by atoms with Crippen LogP contribution in [0.25, 0.3) is 0 Å². The lowest BCUT2D eigenvalue weighted by molar-refractivity contribution is 0.0710. The van der Waals surface area contributed by atoms with E-state index in [1.54, 1.807) is 7.11 Å². The maximum absolute atomic E-state index is 5.19. The highest BCUT2D eigenvalue weighted by molar-refractivity contribution is 5.16. The molecule has 0 amide bonds. The lowest BCUT2D eigenvalue weighted by Gasteiger charge is -2.19. The molecule has 2 heteroatoms. The van der Waals surface area contributed by atoms with Crippen LogP contribution in [0.1, 0.15) is 65.5 Å². The summed E-state index contributed by atoms with van der Waals surface area (Å²) in [6.07, 6.45) is 7.54. The Labute approximate surface area is 126 Å². The predicted molar refractivity (Wildman–Crippen MR) is 89.2 cm³/mol. The Kier molecular flexibility index (Phi) is 14.1. The van der Waals surface area contributed by atoms with Gasteiger partial charge < -0.3 is 9.47 Å². The summed E-state index contributed by atoms with van der Waals surface area (Å²) in [4.78, 5) is 0. The van der Waals surface area contributed by atoms with E-state index in [1.165, 1.54) is 37.7 Å². The molecule has 1 aromatic rings. The van der Waals surface area contributed by atoms with Gasteiger partial charge in [-0.15, -0.1) is 0 Å². The van der Waals surface area contributed by atoms with Crippen LogP contribution in [0, 0.1) is 0 Å². The molecule has 1 aliphatic rings. The van der Waals surface area contributed by atoms with Crippen LogP contribution in [-0.4, -0.2) is 20.3 Å². The van der Waals surface area contributed by atoms with Crippen molar-refractivity contribution in [1.29, 1.82) is 0 Å². The molecule has 0 heterocycles. The number of hydrogen-bond donors (Lipinski definition) is 0. The number of ether oxygens (including phenoxy) is 2. The Morgan fingerprint density at radius 2 is 1.50 bits per heavy atom. The van der Waals surface area contributed by atoms with E-state index in [4.69, 9.17) is 9.47 Å². The van der Waals surface area contributed by atoms with Crippen LogP contribution in [0.4, 0.5) is 0 Å². The van der Waals surface area contributed by atoms with Crippen molar-refractivity contribution in [3.63, 3.8) is 0 Å². The second-order valence-electron chi connectivity index (χ2n) is 4.78. The highest BCUT2D eigenvalue weighted by Gasteiger charge is 2.10. The molecule has 118 valence electrons. The van der Waals surface area contributed by atoms with Crippen molar-refractivity contribution in [3.8, 4) is 0 Å². The molecular formula is C18H34O2. The summed E-state index contributed by atoms with van der Waals surface area (Å²) in [5.74, 6) is 0. The van der Waals surface area contributed by atoms with Crippen LogP contribution >= 0.6 is 0 Å². The van der Waals surface area contributed by atoms with E-state index in [0.29, 0.717) is 6.10 Å². The fourth-order valence-electron chi connectivity index (χ4n) is 2.16. The SMILES string of the molecule is C.C.COC(C)c1ccccc1.COC1CCCCC1. The number of hydrogen-bond acceptors (Lipinski definition) is 2. The van der Waals surface area contributed by atoms with Gasteiger partial charge in [0.05, 0.1) is 12.2 Å². The third-order valence-corrected chi connectivity index (χ3v) is 3.51. The Morgan fingerprint density at radius 1 is 0.950 bits per heavy atom. The first-order chi connectivity index (χ1) is 8.77. The minimum absolute atomic E-state index is 0. The average Bonchev–Trinajstić information content (AvgIpc) is 2.49. The van der Waals surface area contributed by atoms with Gasteiger partial charge in [0.2, 0.25) is 0 Å². The summed E-state index contributed by atoms with van der Waals surface area (Å²) in [5, 5.41) is 0. The number of methoxy groups -OCH3 is 2. The maximum Gasteiger partial charge on any atom is 0.0793 e. The Bertz CT molecular complexity index is 292. The summed E-state index contributed by atoms with van der Waals surface area (Å²) >= 11 is 0. The van der Waals surface area contributed by atoms with Crippen molar-refractivity contribution in [1.82, 2.24) is 0 Å². The summed E-state index contributed by atoms with van der Waals surface area (Å²) < 4.78 is 10.3. The van der Waals surface area contributed by atoms with Gasteiger partial charge in [-0.25, -0.2) is 0 Å². The van der Waals surface area contributed by atoms with Crippen molar-refractivity contribution >= 4 is 0 Å². The third-order valence-electron chi connectivity index (χ3n) is 3.51. The molecule has 20 heavy (non-hydrogen) atoms. The van der Waals surface area contributed by atoms with Gasteiger partial charge in [-0.2, -0.15) is 0 Å². The van der Waals surface area contributed by atoms with Gasteiger partial charge in [0, 0.05) is 14.2 Å². The van der Waals surface area contributed by atoms with Gasteiger partial charge >= 0.3 is 0 Å². The first kappa shape index (κ1) is 21.4. The van der Waals surface area contributed by atoms with Crippen LogP contribution in [-0.2, 0) is 9.47 Å². The third kappa shape index (κ3) is 8.34. The van der Waals surface area contributed by atoms with E-state index >= 15 is 0 Å². The largest absolute Gasteiger partial charge is 0.381 e. The van der Waals surface area contributed by atoms with Crippen LogP contribution in [0.3, 0.4) is 0 Å². The monoisotopic (exact) mass is 282 g/mol. The second kappa shape index (κ2) is 13.1. The quantitative estimate of drug-likeness (QED) is 0.715. The molecule has 1 aromatic carbocycles. The molecule has 0 aromatic heterocycles. The van der Waals surface area contributed by atoms with E-state index in [2.05, 4.69) is 12.1 Å². The van der Waals surface area contributed by atoms with E-state index in [9.17, 15) is 0 Å². The van der Waals surface area contributed by atoms with Crippen LogP contribution in [0.2, 0.25) is 0 Å². The zero-order chi connectivity index (χ0) is 13.2. The molecule has 2 rings (SSSR count). The summed E-state index contributed by atoms with van der Waals surface area (Å²) in [6.45, 7) is 2.04. The summed E-state index contributed by atoms with van der Waals surface area (Å²) in [6, 6.07) is 10.2. The van der Waals surface area contributed by atoms with Gasteiger partial charge in [-0.3, -0.25) is 0 Å². The van der Waals surface area contributed by atoms with E-state index in [-0.39, 0.29) is 21.0 Å². The minimum atomic E-state index is 0. The first-order valence-electron chi connectivity index (χ1n) is 6.88. The molecule has 1 atom stereocenters. The molecule has 0 radical (unpaired) electrons. The Morgan fingerprint density at radius 3 is 1.90 bits per heavy atom. The Hall–Kier alpha value is -0.860. The molecule has 2 nitrogen and oxygen atoms in total. The predicted octanol–water partition coefficient (Wildman–Crippen LogP) is 5.63. The number of benzene rings is 1. The van der Waals surface area contributed by atoms with Crippen molar-refractivity contribution in [2.75, 3.05) is 14.2 Å². The fourth-order valence-corrected chi connectivity index (χ4v) is 2.16. The topological polar surface area (TPSA) is 18.5 Å². The van der Waals surface area contributed by atoms with Crippen LogP contribution in [0.5, 0.6) is 0 Å². The molecule has 0 N–H and O–H groups in total. The maximum atomic E-state index is 5.19. The van der Waals surface area contributed by atoms with Crippen LogP contribution in [0.15, 0.2) is 30.3 Å². The average molecular weight is 282 g/mol. The van der Waals surface area contributed by atoms with Crippen molar-refractivity contribution < 1.29 is 9.47 Å². The minimum Gasteiger partial charge on any atom is -0.381 e. The molecule has 1 saturated carbocycles. The van der Waals surface area contributed by atoms with Crippen molar-refractivity contribution in [3.05, 3.63) is 35.9 Å². The Balaban J connectivity index is 0. The lowest BCUT2D eigenvalue weighted by atomic mass is 9.98. The highest BCUT2D eigenvalue weighted by atomic mass is 16.5. The first-order valence-corrected chi connectivity index (χ1v) is 6.88. The smallest absolute Gasteiger partial charge is 0.0793 e. The highest BCUT2D eigenvalue weighted by Crippen LogP contribution is 2.19. The molecule has 1 unspecified atom stereocenters. The van der Waals surface area contributed by atoms with E-state index < -0.39 is 0 Å². The second-order valence-corrected chi connectivity index (χ2v) is 4.78. The van der Waals surface area contributed by atoms with Gasteiger partial charge in [0.15, 0.2) is 0 Å². The molecule has 0 bridgehead atoms. The summed E-state index contributed by atoms with van der Waals surface area (Å²) in [5.41, 5.74) is 1.23. The zero-order valence-corrected chi connectivity index (χ0v) is 11.9.